The van der Waals surface area contributed by atoms with E-state index in [0.29, 0.717) is 56.0 Å². The summed E-state index contributed by atoms with van der Waals surface area (Å²) in [6.07, 6.45) is 12.9. The van der Waals surface area contributed by atoms with Crippen LogP contribution in [0.5, 0.6) is 11.5 Å². The van der Waals surface area contributed by atoms with Crippen molar-refractivity contribution in [1.29, 1.82) is 0 Å². The molecule has 4 aromatic heterocycles. The van der Waals surface area contributed by atoms with Crippen LogP contribution in [-0.2, 0) is 44.7 Å². The Balaban J connectivity index is 0.000000203. The van der Waals surface area contributed by atoms with E-state index in [1.165, 1.54) is 6.42 Å². The number of fused-ring (bicyclic) bond motifs is 2. The molecular weight excluding hydrogens is 837 g/mol. The van der Waals surface area contributed by atoms with E-state index in [4.69, 9.17) is 38.9 Å². The van der Waals surface area contributed by atoms with Gasteiger partial charge in [-0.1, -0.05) is 27.7 Å². The fourth-order valence-corrected chi connectivity index (χ4v) is 8.13. The van der Waals surface area contributed by atoms with E-state index in [1.807, 2.05) is 109 Å². The first kappa shape index (κ1) is 49.9. The second-order valence-corrected chi connectivity index (χ2v) is 17.9. The Kier molecular flexibility index (Phi) is 17.6. The quantitative estimate of drug-likeness (QED) is 0.146. The molecule has 3 aliphatic heterocycles. The number of rotatable bonds is 12. The Morgan fingerprint density at radius 2 is 1.11 bits per heavy atom. The van der Waals surface area contributed by atoms with Gasteiger partial charge in [-0.05, 0) is 90.7 Å². The van der Waals surface area contributed by atoms with Crippen molar-refractivity contribution in [2.75, 3.05) is 83.5 Å². The first-order valence-electron chi connectivity index (χ1n) is 24.1. The lowest BCUT2D eigenvalue weighted by molar-refractivity contribution is -0.132. The summed E-state index contributed by atoms with van der Waals surface area (Å²) in [6.45, 7) is 18.9. The lowest BCUT2D eigenvalue weighted by Crippen LogP contribution is -2.46. The third kappa shape index (κ3) is 12.5. The highest BCUT2D eigenvalue weighted by molar-refractivity contribution is 5.82. The Hall–Kier alpha value is -5.48. The molecule has 0 aromatic carbocycles. The molecule has 2 aliphatic carbocycles. The first-order chi connectivity index (χ1) is 31.9. The van der Waals surface area contributed by atoms with Gasteiger partial charge in [0.1, 0.15) is 46.7 Å². The number of aromatic nitrogens is 6. The molecule has 2 amide bonds. The molecule has 66 heavy (non-hydrogen) atoms. The topological polar surface area (TPSA) is 161 Å². The number of pyridine rings is 2. The lowest BCUT2D eigenvalue weighted by Gasteiger charge is -2.33. The summed E-state index contributed by atoms with van der Waals surface area (Å²) in [4.78, 5) is 61.6. The molecule has 358 valence electrons. The van der Waals surface area contributed by atoms with Crippen LogP contribution in [0.3, 0.4) is 0 Å². The van der Waals surface area contributed by atoms with Crippen molar-refractivity contribution in [3.63, 3.8) is 0 Å². The fraction of sp³-hybridized carbons (Fsp3) is 0.600. The summed E-state index contributed by atoms with van der Waals surface area (Å²) in [6, 6.07) is 7.44. The van der Waals surface area contributed by atoms with Gasteiger partial charge in [-0.25, -0.2) is 19.9 Å². The molecule has 0 bridgehead atoms. The third-order valence-electron chi connectivity index (χ3n) is 12.1. The highest BCUT2D eigenvalue weighted by Crippen LogP contribution is 2.33. The van der Waals surface area contributed by atoms with Gasteiger partial charge in [0.15, 0.2) is 11.6 Å². The van der Waals surface area contributed by atoms with Gasteiger partial charge in [0, 0.05) is 86.8 Å². The van der Waals surface area contributed by atoms with Crippen LogP contribution in [0.1, 0.15) is 103 Å². The molecule has 16 nitrogen and oxygen atoms in total. The number of likely N-dealkylation sites (N-methyl/N-ethyl adjacent to an activating group) is 3. The summed E-state index contributed by atoms with van der Waals surface area (Å²) < 4.78 is 22.2. The van der Waals surface area contributed by atoms with Gasteiger partial charge in [-0.15, -0.1) is 0 Å². The van der Waals surface area contributed by atoms with Crippen LogP contribution in [-0.4, -0.2) is 143 Å². The van der Waals surface area contributed by atoms with Crippen LogP contribution < -0.4 is 19.3 Å². The molecule has 0 unspecified atom stereocenters. The van der Waals surface area contributed by atoms with Gasteiger partial charge in [0.2, 0.25) is 11.8 Å². The van der Waals surface area contributed by atoms with Gasteiger partial charge in [-0.2, -0.15) is 0 Å². The Bertz CT molecular complexity index is 2240. The summed E-state index contributed by atoms with van der Waals surface area (Å²) >= 11 is 0. The van der Waals surface area contributed by atoms with E-state index in [9.17, 15) is 9.59 Å². The number of ether oxygens (including phenoxy) is 4. The molecule has 0 radical (unpaired) electrons. The number of carbonyl (C=O) groups is 2. The van der Waals surface area contributed by atoms with E-state index < -0.39 is 0 Å². The second-order valence-electron chi connectivity index (χ2n) is 17.9. The predicted octanol–water partition coefficient (Wildman–Crippen LogP) is 6.80. The molecule has 0 spiro atoms. The smallest absolute Gasteiger partial charge is 0.242 e. The second kappa shape index (κ2) is 23.3. The molecular formula is C50H72N10O6. The molecule has 9 rings (SSSR count). The molecule has 4 aromatic rings. The Morgan fingerprint density at radius 3 is 1.53 bits per heavy atom. The SMILES string of the molecule is CC.CC.CN(CC(=O)N(C)C(C)(C)C)c1nc(-c2cc(OC3COC3)ccn2)nc2c1CCC2.CN(CC(=O)N1CCCCC1)c1nc(-c2cc(OC3COC3)ccn2)nc2c1CCC2. The number of carbonyl (C=O) groups excluding carboxylic acids is 2. The Morgan fingerprint density at radius 1 is 0.652 bits per heavy atom. The fourth-order valence-electron chi connectivity index (χ4n) is 8.13. The van der Waals surface area contributed by atoms with Gasteiger partial charge in [-0.3, -0.25) is 19.6 Å². The molecule has 0 saturated carbocycles. The average molecular weight is 909 g/mol. The highest BCUT2D eigenvalue weighted by atomic mass is 16.6. The van der Waals surface area contributed by atoms with Crippen molar-refractivity contribution >= 4 is 23.5 Å². The number of anilines is 2. The van der Waals surface area contributed by atoms with Crippen molar-refractivity contribution in [2.45, 2.75) is 124 Å². The number of piperidine rings is 1. The van der Waals surface area contributed by atoms with Crippen molar-refractivity contribution in [3.8, 4) is 34.5 Å². The first-order valence-corrected chi connectivity index (χ1v) is 24.1. The molecule has 16 heteroatoms. The van der Waals surface area contributed by atoms with E-state index in [-0.39, 0.29) is 36.1 Å². The largest absolute Gasteiger partial charge is 0.485 e. The van der Waals surface area contributed by atoms with Crippen molar-refractivity contribution in [3.05, 3.63) is 59.2 Å². The number of amides is 2. The van der Waals surface area contributed by atoms with Gasteiger partial charge < -0.3 is 38.5 Å². The minimum atomic E-state index is -0.230. The minimum absolute atomic E-state index is 0.0538. The Labute approximate surface area is 391 Å². The maximum atomic E-state index is 12.8. The summed E-state index contributed by atoms with van der Waals surface area (Å²) in [7, 11) is 5.72. The van der Waals surface area contributed by atoms with Gasteiger partial charge >= 0.3 is 0 Å². The number of hydrogen-bond donors (Lipinski definition) is 0. The van der Waals surface area contributed by atoms with Crippen molar-refractivity contribution in [1.82, 2.24) is 39.7 Å². The van der Waals surface area contributed by atoms with Crippen molar-refractivity contribution in [2.24, 2.45) is 0 Å². The zero-order valence-electron chi connectivity index (χ0n) is 41.1. The van der Waals surface area contributed by atoms with E-state index in [0.717, 1.165) is 110 Å². The van der Waals surface area contributed by atoms with E-state index >= 15 is 0 Å². The zero-order chi connectivity index (χ0) is 47.4. The van der Waals surface area contributed by atoms with Gasteiger partial charge in [0.25, 0.3) is 0 Å². The monoisotopic (exact) mass is 909 g/mol. The maximum Gasteiger partial charge on any atom is 0.242 e. The van der Waals surface area contributed by atoms with Crippen LogP contribution in [0.15, 0.2) is 36.7 Å². The van der Waals surface area contributed by atoms with Crippen LogP contribution in [0.2, 0.25) is 0 Å². The van der Waals surface area contributed by atoms with Crippen LogP contribution in [0.4, 0.5) is 11.6 Å². The van der Waals surface area contributed by atoms with Crippen LogP contribution in [0.25, 0.3) is 23.0 Å². The molecule has 5 aliphatic rings. The number of aryl methyl sites for hydroxylation is 2. The number of hydrogen-bond acceptors (Lipinski definition) is 14. The van der Waals surface area contributed by atoms with E-state index in [2.05, 4.69) is 9.97 Å². The predicted molar refractivity (Wildman–Crippen MR) is 257 cm³/mol. The lowest BCUT2D eigenvalue weighted by atomic mass is 10.1. The maximum absolute atomic E-state index is 12.8. The van der Waals surface area contributed by atoms with Gasteiger partial charge in [0.05, 0.1) is 39.5 Å². The molecule has 3 fully saturated rings. The third-order valence-corrected chi connectivity index (χ3v) is 12.1. The normalized spacial score (nSPS) is 16.3. The van der Waals surface area contributed by atoms with E-state index in [1.54, 1.807) is 17.3 Å². The minimum Gasteiger partial charge on any atom is -0.485 e. The number of likely N-dealkylation sites (tertiary alicyclic amines) is 1. The molecule has 0 N–H and O–H groups in total. The van der Waals surface area contributed by atoms with Crippen LogP contribution in [0, 0.1) is 0 Å². The molecule has 3 saturated heterocycles. The highest BCUT2D eigenvalue weighted by Gasteiger charge is 2.29. The summed E-state index contributed by atoms with van der Waals surface area (Å²) in [5.41, 5.74) is 5.53. The van der Waals surface area contributed by atoms with Crippen LogP contribution >= 0.6 is 0 Å². The number of nitrogens with zero attached hydrogens (tertiary/aromatic N) is 10. The molecule has 0 atom stereocenters. The molecule has 7 heterocycles. The average Bonchev–Trinajstić information content (AvgIpc) is 4.00. The van der Waals surface area contributed by atoms with Crippen molar-refractivity contribution < 1.29 is 28.5 Å². The zero-order valence-corrected chi connectivity index (χ0v) is 41.1. The standard InChI is InChI=1S/C23H29N5O3.C23H31N5O3.2C2H6/c1-27(13-21(29)28-10-3-2-4-11-28)23-18-6-5-7-19(18)25-22(26-23)20-12-16(8-9-24-20)31-17-14-30-15-17;1-23(2,3)28(5)20(29)12-27(4)22-17-7-6-8-18(17)25-21(26-22)19-11-15(9-10-24-19)31-16-13-30-14-16;2*1-2/h8-9,12,17H,2-7,10-11,13-15H2,1H3;9-11,16H,6-8,12-14H2,1-5H3;2*1-2H3. The summed E-state index contributed by atoms with van der Waals surface area (Å²) in [5, 5.41) is 0. The summed E-state index contributed by atoms with van der Waals surface area (Å²) in [5.74, 6) is 4.52.